The number of ether oxygens (including phenoxy) is 1. The second-order valence-electron chi connectivity index (χ2n) is 5.04. The Kier molecular flexibility index (Phi) is 3.94. The number of nitrogens with one attached hydrogen (secondary N) is 1. The molecule has 23 heavy (non-hydrogen) atoms. The second kappa shape index (κ2) is 6.20. The van der Waals surface area contributed by atoms with E-state index in [-0.39, 0.29) is 5.91 Å². The van der Waals surface area contributed by atoms with Crippen LogP contribution in [0.4, 0.5) is 5.69 Å². The molecule has 3 aromatic carbocycles. The Morgan fingerprint density at radius 2 is 1.70 bits per heavy atom. The highest BCUT2D eigenvalue weighted by Crippen LogP contribution is 2.26. The molecule has 0 radical (unpaired) electrons. The Balaban J connectivity index is 1.94. The number of anilines is 1. The fourth-order valence-electron chi connectivity index (χ4n) is 2.39. The molecule has 0 aromatic heterocycles. The summed E-state index contributed by atoms with van der Waals surface area (Å²) in [6, 6.07) is 20.2. The molecule has 3 rings (SSSR count). The van der Waals surface area contributed by atoms with Gasteiger partial charge in [0.05, 0.1) is 24.3 Å². The van der Waals surface area contributed by atoms with Crippen LogP contribution < -0.4 is 10.1 Å². The van der Waals surface area contributed by atoms with E-state index in [9.17, 15) is 4.79 Å². The molecule has 0 aliphatic carbocycles. The molecule has 4 nitrogen and oxygen atoms in total. The van der Waals surface area contributed by atoms with E-state index in [0.717, 1.165) is 10.8 Å². The standard InChI is InChI=1S/C19H14N2O2/c1-23-18-11-15-5-3-2-4-14(15)10-17(18)19(22)21-16-8-6-13(12-20)7-9-16/h2-11H,1H3,(H,21,22). The van der Waals surface area contributed by atoms with Gasteiger partial charge in [0.1, 0.15) is 5.75 Å². The summed E-state index contributed by atoms with van der Waals surface area (Å²) < 4.78 is 5.34. The van der Waals surface area contributed by atoms with Gasteiger partial charge in [0.15, 0.2) is 0 Å². The summed E-state index contributed by atoms with van der Waals surface area (Å²) in [7, 11) is 1.54. The van der Waals surface area contributed by atoms with Crippen molar-refractivity contribution in [3.63, 3.8) is 0 Å². The topological polar surface area (TPSA) is 62.1 Å². The van der Waals surface area contributed by atoms with Crippen molar-refractivity contribution in [2.75, 3.05) is 12.4 Å². The zero-order valence-corrected chi connectivity index (χ0v) is 12.5. The zero-order chi connectivity index (χ0) is 16.2. The molecule has 0 atom stereocenters. The van der Waals surface area contributed by atoms with Crippen LogP contribution in [-0.2, 0) is 0 Å². The number of rotatable bonds is 3. The molecular formula is C19H14N2O2. The van der Waals surface area contributed by atoms with Crippen molar-refractivity contribution in [2.45, 2.75) is 0 Å². The molecule has 0 saturated heterocycles. The van der Waals surface area contributed by atoms with Crippen LogP contribution in [0.3, 0.4) is 0 Å². The van der Waals surface area contributed by atoms with Crippen LogP contribution in [0.5, 0.6) is 5.75 Å². The summed E-state index contributed by atoms with van der Waals surface area (Å²) in [5, 5.41) is 13.6. The summed E-state index contributed by atoms with van der Waals surface area (Å²) in [6.45, 7) is 0. The van der Waals surface area contributed by atoms with Crippen LogP contribution in [0.1, 0.15) is 15.9 Å². The van der Waals surface area contributed by atoms with E-state index in [4.69, 9.17) is 10.00 Å². The maximum absolute atomic E-state index is 12.5. The molecule has 112 valence electrons. The fourth-order valence-corrected chi connectivity index (χ4v) is 2.39. The maximum Gasteiger partial charge on any atom is 0.259 e. The van der Waals surface area contributed by atoms with E-state index < -0.39 is 0 Å². The van der Waals surface area contributed by atoms with Crippen LogP contribution in [0.25, 0.3) is 10.8 Å². The second-order valence-corrected chi connectivity index (χ2v) is 5.04. The van der Waals surface area contributed by atoms with E-state index in [1.807, 2.05) is 42.5 Å². The van der Waals surface area contributed by atoms with Gasteiger partial charge in [-0.3, -0.25) is 4.79 Å². The number of methoxy groups -OCH3 is 1. The summed E-state index contributed by atoms with van der Waals surface area (Å²) in [5.41, 5.74) is 1.64. The third-order valence-electron chi connectivity index (χ3n) is 3.58. The number of hydrogen-bond donors (Lipinski definition) is 1. The molecule has 3 aromatic rings. The Hall–Kier alpha value is -3.32. The van der Waals surface area contributed by atoms with Crippen LogP contribution in [0.2, 0.25) is 0 Å². The van der Waals surface area contributed by atoms with Gasteiger partial charge in [0, 0.05) is 5.69 Å². The number of carbonyl (C=O) groups is 1. The third kappa shape index (κ3) is 2.99. The monoisotopic (exact) mass is 302 g/mol. The van der Waals surface area contributed by atoms with Gasteiger partial charge in [-0.25, -0.2) is 0 Å². The summed E-state index contributed by atoms with van der Waals surface area (Å²) in [5.74, 6) is 0.271. The van der Waals surface area contributed by atoms with Gasteiger partial charge >= 0.3 is 0 Å². The van der Waals surface area contributed by atoms with E-state index in [0.29, 0.717) is 22.6 Å². The minimum atomic E-state index is -0.252. The number of nitriles is 1. The fraction of sp³-hybridized carbons (Fsp3) is 0.0526. The van der Waals surface area contributed by atoms with Crippen LogP contribution in [0, 0.1) is 11.3 Å². The van der Waals surface area contributed by atoms with Crippen molar-refractivity contribution in [1.29, 1.82) is 5.26 Å². The molecule has 0 aliphatic heterocycles. The van der Waals surface area contributed by atoms with Crippen molar-refractivity contribution in [2.24, 2.45) is 0 Å². The predicted molar refractivity (Wildman–Crippen MR) is 89.6 cm³/mol. The minimum Gasteiger partial charge on any atom is -0.496 e. The molecule has 0 spiro atoms. The van der Waals surface area contributed by atoms with Gasteiger partial charge < -0.3 is 10.1 Å². The molecule has 0 saturated carbocycles. The Labute approximate surface area is 133 Å². The van der Waals surface area contributed by atoms with Gasteiger partial charge in [-0.15, -0.1) is 0 Å². The Bertz CT molecular complexity index is 909. The normalized spacial score (nSPS) is 10.1. The zero-order valence-electron chi connectivity index (χ0n) is 12.5. The van der Waals surface area contributed by atoms with E-state index in [2.05, 4.69) is 5.32 Å². The quantitative estimate of drug-likeness (QED) is 0.796. The maximum atomic E-state index is 12.5. The van der Waals surface area contributed by atoms with Crippen LogP contribution in [-0.4, -0.2) is 13.0 Å². The van der Waals surface area contributed by atoms with Crippen LogP contribution >= 0.6 is 0 Å². The molecule has 0 bridgehead atoms. The lowest BCUT2D eigenvalue weighted by molar-refractivity contribution is 0.102. The SMILES string of the molecule is COc1cc2ccccc2cc1C(=O)Nc1ccc(C#N)cc1. The molecule has 0 heterocycles. The van der Waals surface area contributed by atoms with Gasteiger partial charge in [-0.2, -0.15) is 5.26 Å². The molecule has 1 N–H and O–H groups in total. The Morgan fingerprint density at radius 1 is 1.04 bits per heavy atom. The number of fused-ring (bicyclic) bond motifs is 1. The number of carbonyl (C=O) groups excluding carboxylic acids is 1. The van der Waals surface area contributed by atoms with Crippen molar-refractivity contribution < 1.29 is 9.53 Å². The molecular weight excluding hydrogens is 288 g/mol. The lowest BCUT2D eigenvalue weighted by Crippen LogP contribution is -2.13. The highest BCUT2D eigenvalue weighted by molar-refractivity contribution is 6.08. The Morgan fingerprint density at radius 3 is 2.30 bits per heavy atom. The van der Waals surface area contributed by atoms with Gasteiger partial charge in [0.2, 0.25) is 0 Å². The average molecular weight is 302 g/mol. The van der Waals surface area contributed by atoms with Gasteiger partial charge in [0.25, 0.3) is 5.91 Å². The highest BCUT2D eigenvalue weighted by Gasteiger charge is 2.14. The molecule has 4 heteroatoms. The average Bonchev–Trinajstić information content (AvgIpc) is 2.61. The predicted octanol–water partition coefficient (Wildman–Crippen LogP) is 3.97. The molecule has 0 aliphatic rings. The lowest BCUT2D eigenvalue weighted by Gasteiger charge is -2.11. The molecule has 1 amide bonds. The van der Waals surface area contributed by atoms with Crippen molar-refractivity contribution in [1.82, 2.24) is 0 Å². The van der Waals surface area contributed by atoms with Gasteiger partial charge in [-0.05, 0) is 47.2 Å². The first-order chi connectivity index (χ1) is 11.2. The van der Waals surface area contributed by atoms with Crippen molar-refractivity contribution in [3.05, 3.63) is 71.8 Å². The van der Waals surface area contributed by atoms with Crippen molar-refractivity contribution in [3.8, 4) is 11.8 Å². The number of nitrogens with zero attached hydrogens (tertiary/aromatic N) is 1. The number of hydrogen-bond acceptors (Lipinski definition) is 3. The number of amides is 1. The molecule has 0 unspecified atom stereocenters. The largest absolute Gasteiger partial charge is 0.496 e. The summed E-state index contributed by atoms with van der Waals surface area (Å²) >= 11 is 0. The van der Waals surface area contributed by atoms with Gasteiger partial charge in [-0.1, -0.05) is 24.3 Å². The van der Waals surface area contributed by atoms with E-state index in [1.165, 1.54) is 0 Å². The third-order valence-corrected chi connectivity index (χ3v) is 3.58. The van der Waals surface area contributed by atoms with E-state index >= 15 is 0 Å². The van der Waals surface area contributed by atoms with Crippen molar-refractivity contribution >= 4 is 22.4 Å². The first kappa shape index (κ1) is 14.6. The number of benzene rings is 3. The first-order valence-electron chi connectivity index (χ1n) is 7.09. The first-order valence-corrected chi connectivity index (χ1v) is 7.09. The van der Waals surface area contributed by atoms with Crippen LogP contribution in [0.15, 0.2) is 60.7 Å². The summed E-state index contributed by atoms with van der Waals surface area (Å²) in [6.07, 6.45) is 0. The molecule has 0 fully saturated rings. The lowest BCUT2D eigenvalue weighted by atomic mass is 10.1. The minimum absolute atomic E-state index is 0.252. The smallest absolute Gasteiger partial charge is 0.259 e. The summed E-state index contributed by atoms with van der Waals surface area (Å²) in [4.78, 5) is 12.5. The van der Waals surface area contributed by atoms with E-state index in [1.54, 1.807) is 31.4 Å². The highest BCUT2D eigenvalue weighted by atomic mass is 16.5.